The van der Waals surface area contributed by atoms with Crippen LogP contribution in [0.15, 0.2) is 36.4 Å². The molecule has 0 amide bonds. The molecular weight excluding hydrogens is 288 g/mol. The van der Waals surface area contributed by atoms with Crippen LogP contribution in [0.4, 0.5) is 11.8 Å². The van der Waals surface area contributed by atoms with Crippen molar-refractivity contribution in [2.45, 2.75) is 25.9 Å². The minimum atomic E-state index is 0.0978. The Morgan fingerprint density at radius 3 is 2.62 bits per heavy atom. The molecule has 2 aromatic rings. The molecule has 2 rings (SSSR count). The maximum Gasteiger partial charge on any atom is 0.223 e. The van der Waals surface area contributed by atoms with Gasteiger partial charge in [-0.15, -0.1) is 0 Å². The Labute approximate surface area is 129 Å². The lowest BCUT2D eigenvalue weighted by Crippen LogP contribution is -2.34. The molecule has 112 valence electrons. The highest BCUT2D eigenvalue weighted by Gasteiger charge is 2.17. The van der Waals surface area contributed by atoms with Gasteiger partial charge >= 0.3 is 0 Å². The predicted octanol–water partition coefficient (Wildman–Crippen LogP) is 2.49. The average Bonchev–Trinajstić information content (AvgIpc) is 2.45. The predicted molar refractivity (Wildman–Crippen MR) is 85.2 cm³/mol. The summed E-state index contributed by atoms with van der Waals surface area (Å²) in [6, 6.07) is 11.8. The molecule has 0 aliphatic rings. The van der Waals surface area contributed by atoms with E-state index in [1.165, 1.54) is 0 Å². The third-order valence-electron chi connectivity index (χ3n) is 3.27. The van der Waals surface area contributed by atoms with Crippen molar-refractivity contribution >= 4 is 23.4 Å². The smallest absolute Gasteiger partial charge is 0.223 e. The molecule has 0 aliphatic carbocycles. The summed E-state index contributed by atoms with van der Waals surface area (Å²) in [6.45, 7) is 2.81. The van der Waals surface area contributed by atoms with Crippen LogP contribution in [0.1, 0.15) is 18.9 Å². The van der Waals surface area contributed by atoms with E-state index in [0.717, 1.165) is 5.56 Å². The molecule has 1 atom stereocenters. The number of aromatic nitrogens is 2. The van der Waals surface area contributed by atoms with Crippen molar-refractivity contribution in [2.24, 2.45) is 0 Å². The number of nitrogens with two attached hydrogens (primary N) is 1. The first-order chi connectivity index (χ1) is 10.1. The number of aliphatic hydroxyl groups excluding tert-OH is 1. The highest BCUT2D eigenvalue weighted by atomic mass is 35.5. The topological polar surface area (TPSA) is 75.3 Å². The lowest BCUT2D eigenvalue weighted by atomic mass is 10.1. The minimum absolute atomic E-state index is 0.0978. The van der Waals surface area contributed by atoms with Gasteiger partial charge in [-0.1, -0.05) is 41.9 Å². The second kappa shape index (κ2) is 7.24. The van der Waals surface area contributed by atoms with Crippen molar-refractivity contribution in [2.75, 3.05) is 17.2 Å². The van der Waals surface area contributed by atoms with E-state index in [1.54, 1.807) is 6.07 Å². The summed E-state index contributed by atoms with van der Waals surface area (Å²) in [6.07, 6.45) is 0.633. The van der Waals surface area contributed by atoms with Crippen molar-refractivity contribution in [3.05, 3.63) is 47.1 Å². The van der Waals surface area contributed by atoms with E-state index < -0.39 is 0 Å². The number of halogens is 1. The van der Waals surface area contributed by atoms with Crippen LogP contribution in [0.5, 0.6) is 0 Å². The van der Waals surface area contributed by atoms with E-state index in [4.69, 9.17) is 17.3 Å². The third kappa shape index (κ3) is 4.31. The van der Waals surface area contributed by atoms with Crippen LogP contribution >= 0.6 is 11.6 Å². The number of rotatable bonds is 6. The fourth-order valence-corrected chi connectivity index (χ4v) is 2.34. The highest BCUT2D eigenvalue weighted by molar-refractivity contribution is 6.29. The summed E-state index contributed by atoms with van der Waals surface area (Å²) in [5, 5.41) is 9.51. The average molecular weight is 307 g/mol. The van der Waals surface area contributed by atoms with Crippen LogP contribution in [-0.2, 0) is 6.54 Å². The number of benzene rings is 1. The monoisotopic (exact) mass is 306 g/mol. The number of hydrogen-bond donors (Lipinski definition) is 2. The van der Waals surface area contributed by atoms with Gasteiger partial charge in [-0.2, -0.15) is 4.98 Å². The molecule has 0 saturated carbocycles. The van der Waals surface area contributed by atoms with Gasteiger partial charge in [-0.3, -0.25) is 0 Å². The lowest BCUT2D eigenvalue weighted by Gasteiger charge is -2.30. The van der Waals surface area contributed by atoms with Crippen molar-refractivity contribution in [1.82, 2.24) is 9.97 Å². The first kappa shape index (κ1) is 15.5. The van der Waals surface area contributed by atoms with Gasteiger partial charge in [-0.05, 0) is 18.9 Å². The molecule has 0 aliphatic heterocycles. The standard InChI is InChI=1S/C15H19ClN4O/c1-11(7-8-21)20(10-12-5-3-2-4-6-12)14-9-13(16)18-15(17)19-14/h2-6,9,11,21H,7-8,10H2,1H3,(H2,17,18,19). The number of nitrogens with zero attached hydrogens (tertiary/aromatic N) is 3. The van der Waals surface area contributed by atoms with Gasteiger partial charge in [0.15, 0.2) is 0 Å². The van der Waals surface area contributed by atoms with Crippen LogP contribution in [0.2, 0.25) is 5.15 Å². The SMILES string of the molecule is CC(CCO)N(Cc1ccccc1)c1cc(Cl)nc(N)n1. The molecule has 1 unspecified atom stereocenters. The number of hydrogen-bond acceptors (Lipinski definition) is 5. The van der Waals surface area contributed by atoms with Gasteiger partial charge in [-0.25, -0.2) is 4.98 Å². The molecule has 1 aromatic heterocycles. The van der Waals surface area contributed by atoms with Crippen molar-refractivity contribution in [3.63, 3.8) is 0 Å². The zero-order valence-corrected chi connectivity index (χ0v) is 12.7. The Morgan fingerprint density at radius 2 is 2.00 bits per heavy atom. The Balaban J connectivity index is 2.31. The van der Waals surface area contributed by atoms with Crippen molar-refractivity contribution in [3.8, 4) is 0 Å². The maximum absolute atomic E-state index is 9.20. The molecule has 0 bridgehead atoms. The largest absolute Gasteiger partial charge is 0.396 e. The molecule has 21 heavy (non-hydrogen) atoms. The highest BCUT2D eigenvalue weighted by Crippen LogP contribution is 2.22. The molecule has 5 nitrogen and oxygen atoms in total. The van der Waals surface area contributed by atoms with Crippen molar-refractivity contribution < 1.29 is 5.11 Å². The van der Waals surface area contributed by atoms with Crippen LogP contribution in [0.25, 0.3) is 0 Å². The van der Waals surface area contributed by atoms with E-state index in [0.29, 0.717) is 23.9 Å². The van der Waals surface area contributed by atoms with Gasteiger partial charge in [0.1, 0.15) is 11.0 Å². The van der Waals surface area contributed by atoms with Crippen LogP contribution < -0.4 is 10.6 Å². The molecule has 1 aromatic carbocycles. The van der Waals surface area contributed by atoms with E-state index in [9.17, 15) is 5.11 Å². The summed E-state index contributed by atoms with van der Waals surface area (Å²) in [4.78, 5) is 10.2. The van der Waals surface area contributed by atoms with Gasteiger partial charge in [0.25, 0.3) is 0 Å². The first-order valence-corrected chi connectivity index (χ1v) is 7.19. The number of nitrogen functional groups attached to an aromatic ring is 1. The summed E-state index contributed by atoms with van der Waals surface area (Å²) < 4.78 is 0. The molecule has 3 N–H and O–H groups in total. The van der Waals surface area contributed by atoms with E-state index >= 15 is 0 Å². The summed E-state index contributed by atoms with van der Waals surface area (Å²) >= 11 is 5.97. The lowest BCUT2D eigenvalue weighted by molar-refractivity contribution is 0.275. The second-order valence-corrected chi connectivity index (χ2v) is 5.27. The Bertz CT molecular complexity index is 559. The number of anilines is 2. The van der Waals surface area contributed by atoms with E-state index in [-0.39, 0.29) is 18.6 Å². The summed E-state index contributed by atoms with van der Waals surface area (Å²) in [5.74, 6) is 0.809. The molecule has 6 heteroatoms. The zero-order chi connectivity index (χ0) is 15.2. The van der Waals surface area contributed by atoms with Gasteiger partial charge < -0.3 is 15.7 Å². The fourth-order valence-electron chi connectivity index (χ4n) is 2.16. The van der Waals surface area contributed by atoms with Crippen LogP contribution in [-0.4, -0.2) is 27.7 Å². The second-order valence-electron chi connectivity index (χ2n) is 4.88. The zero-order valence-electron chi connectivity index (χ0n) is 11.9. The Kier molecular flexibility index (Phi) is 5.36. The van der Waals surface area contributed by atoms with E-state index in [1.807, 2.05) is 37.3 Å². The normalized spacial score (nSPS) is 12.1. The summed E-state index contributed by atoms with van der Waals surface area (Å²) in [5.41, 5.74) is 6.83. The quantitative estimate of drug-likeness (QED) is 0.802. The van der Waals surface area contributed by atoms with Crippen LogP contribution in [0.3, 0.4) is 0 Å². The molecule has 0 fully saturated rings. The van der Waals surface area contributed by atoms with Gasteiger partial charge in [0.05, 0.1) is 0 Å². The molecule has 0 radical (unpaired) electrons. The summed E-state index contributed by atoms with van der Waals surface area (Å²) in [7, 11) is 0. The van der Waals surface area contributed by atoms with Crippen LogP contribution in [0, 0.1) is 0 Å². The molecular formula is C15H19ClN4O. The van der Waals surface area contributed by atoms with Gasteiger partial charge in [0.2, 0.25) is 5.95 Å². The fraction of sp³-hybridized carbons (Fsp3) is 0.333. The first-order valence-electron chi connectivity index (χ1n) is 6.81. The minimum Gasteiger partial charge on any atom is -0.396 e. The van der Waals surface area contributed by atoms with Gasteiger partial charge in [0, 0.05) is 25.3 Å². The number of aliphatic hydroxyl groups is 1. The van der Waals surface area contributed by atoms with Crippen molar-refractivity contribution in [1.29, 1.82) is 0 Å². The Hall–Kier alpha value is -1.85. The van der Waals surface area contributed by atoms with E-state index in [2.05, 4.69) is 14.9 Å². The Morgan fingerprint density at radius 1 is 1.29 bits per heavy atom. The maximum atomic E-state index is 9.20. The molecule has 0 saturated heterocycles. The molecule has 0 spiro atoms. The third-order valence-corrected chi connectivity index (χ3v) is 3.46. The molecule has 1 heterocycles.